The summed E-state index contributed by atoms with van der Waals surface area (Å²) >= 11 is 3.32. The van der Waals surface area contributed by atoms with Gasteiger partial charge >= 0.3 is 0 Å². The largest absolute Gasteiger partial charge is 0.355 e. The summed E-state index contributed by atoms with van der Waals surface area (Å²) in [5, 5.41) is 2.68. The SMILES string of the molecule is CCCNC(=O)CN(Cc1ccc(Br)cc1)S(C)(=O)=O. The Hall–Kier alpha value is -0.920. The van der Waals surface area contributed by atoms with Crippen LogP contribution in [0.3, 0.4) is 0 Å². The van der Waals surface area contributed by atoms with Gasteiger partial charge in [0.1, 0.15) is 0 Å². The van der Waals surface area contributed by atoms with Gasteiger partial charge in [0.05, 0.1) is 12.8 Å². The van der Waals surface area contributed by atoms with Gasteiger partial charge in [-0.25, -0.2) is 8.42 Å². The lowest BCUT2D eigenvalue weighted by Gasteiger charge is -2.19. The quantitative estimate of drug-likeness (QED) is 0.803. The Morgan fingerprint density at radius 2 is 1.90 bits per heavy atom. The Kier molecular flexibility index (Phi) is 6.64. The van der Waals surface area contributed by atoms with E-state index in [0.29, 0.717) is 6.54 Å². The van der Waals surface area contributed by atoms with Crippen LogP contribution in [0.2, 0.25) is 0 Å². The predicted octanol–water partition coefficient (Wildman–Crippen LogP) is 1.74. The number of hydrogen-bond donors (Lipinski definition) is 1. The van der Waals surface area contributed by atoms with Crippen molar-refractivity contribution in [2.45, 2.75) is 19.9 Å². The van der Waals surface area contributed by atoms with Gasteiger partial charge < -0.3 is 5.32 Å². The number of benzene rings is 1. The molecule has 1 N–H and O–H groups in total. The van der Waals surface area contributed by atoms with E-state index in [-0.39, 0.29) is 19.0 Å². The number of amides is 1. The lowest BCUT2D eigenvalue weighted by atomic mass is 10.2. The summed E-state index contributed by atoms with van der Waals surface area (Å²) in [7, 11) is -3.43. The van der Waals surface area contributed by atoms with Crippen LogP contribution in [0.4, 0.5) is 0 Å². The molecule has 7 heteroatoms. The molecule has 20 heavy (non-hydrogen) atoms. The minimum absolute atomic E-state index is 0.158. The number of nitrogens with one attached hydrogen (secondary N) is 1. The fraction of sp³-hybridized carbons (Fsp3) is 0.462. The first-order valence-electron chi connectivity index (χ1n) is 6.29. The average Bonchev–Trinajstić information content (AvgIpc) is 2.37. The molecule has 0 aliphatic heterocycles. The van der Waals surface area contributed by atoms with E-state index in [1.165, 1.54) is 4.31 Å². The average molecular weight is 363 g/mol. The molecule has 0 unspecified atom stereocenters. The van der Waals surface area contributed by atoms with Gasteiger partial charge in [-0.05, 0) is 24.1 Å². The summed E-state index contributed by atoms with van der Waals surface area (Å²) in [6.45, 7) is 2.52. The summed E-state index contributed by atoms with van der Waals surface area (Å²) in [6, 6.07) is 7.33. The molecule has 0 spiro atoms. The molecule has 0 atom stereocenters. The van der Waals surface area contributed by atoms with Crippen LogP contribution < -0.4 is 5.32 Å². The summed E-state index contributed by atoms with van der Waals surface area (Å²) < 4.78 is 25.6. The van der Waals surface area contributed by atoms with Crippen LogP contribution in [0.15, 0.2) is 28.7 Å². The van der Waals surface area contributed by atoms with Crippen LogP contribution in [0.1, 0.15) is 18.9 Å². The lowest BCUT2D eigenvalue weighted by Crippen LogP contribution is -2.40. The number of halogens is 1. The standard InChI is InChI=1S/C13H19BrN2O3S/c1-3-8-15-13(17)10-16(20(2,18)19)9-11-4-6-12(14)7-5-11/h4-7H,3,8-10H2,1-2H3,(H,15,17). The van der Waals surface area contributed by atoms with E-state index in [1.54, 1.807) is 0 Å². The minimum Gasteiger partial charge on any atom is -0.355 e. The van der Waals surface area contributed by atoms with E-state index in [4.69, 9.17) is 0 Å². The van der Waals surface area contributed by atoms with Crippen LogP contribution in [0.25, 0.3) is 0 Å². The fourth-order valence-corrected chi connectivity index (χ4v) is 2.56. The third-order valence-electron chi connectivity index (χ3n) is 2.63. The highest BCUT2D eigenvalue weighted by molar-refractivity contribution is 9.10. The molecule has 0 heterocycles. The Labute approximate surface area is 128 Å². The molecule has 1 aromatic rings. The Balaban J connectivity index is 2.75. The van der Waals surface area contributed by atoms with Crippen LogP contribution in [0, 0.1) is 0 Å². The van der Waals surface area contributed by atoms with Crippen LogP contribution in [-0.2, 0) is 21.4 Å². The number of nitrogens with zero attached hydrogens (tertiary/aromatic N) is 1. The van der Waals surface area contributed by atoms with Gasteiger partial charge in [0.25, 0.3) is 0 Å². The Morgan fingerprint density at radius 1 is 1.30 bits per heavy atom. The number of sulfonamides is 1. The highest BCUT2D eigenvalue weighted by Crippen LogP contribution is 2.13. The smallest absolute Gasteiger partial charge is 0.235 e. The van der Waals surface area contributed by atoms with Crippen molar-refractivity contribution in [1.29, 1.82) is 0 Å². The maximum absolute atomic E-state index is 11.7. The van der Waals surface area contributed by atoms with Crippen LogP contribution in [0.5, 0.6) is 0 Å². The van der Waals surface area contributed by atoms with Crippen molar-refractivity contribution >= 4 is 31.9 Å². The van der Waals surface area contributed by atoms with Crippen molar-refractivity contribution in [1.82, 2.24) is 9.62 Å². The topological polar surface area (TPSA) is 66.5 Å². The molecule has 1 amide bonds. The van der Waals surface area contributed by atoms with Crippen molar-refractivity contribution in [3.63, 3.8) is 0 Å². The van der Waals surface area contributed by atoms with Gasteiger partial charge in [0.15, 0.2) is 0 Å². The van der Waals surface area contributed by atoms with Crippen molar-refractivity contribution in [3.8, 4) is 0 Å². The molecule has 0 bridgehead atoms. The van der Waals surface area contributed by atoms with Gasteiger partial charge in [-0.3, -0.25) is 4.79 Å². The zero-order valence-electron chi connectivity index (χ0n) is 11.6. The van der Waals surface area contributed by atoms with E-state index in [9.17, 15) is 13.2 Å². The van der Waals surface area contributed by atoms with Crippen molar-refractivity contribution in [2.75, 3.05) is 19.3 Å². The Morgan fingerprint density at radius 3 is 2.40 bits per heavy atom. The van der Waals surface area contributed by atoms with E-state index in [1.807, 2.05) is 31.2 Å². The second-order valence-corrected chi connectivity index (χ2v) is 7.41. The summed E-state index contributed by atoms with van der Waals surface area (Å²) in [4.78, 5) is 11.7. The number of hydrogen-bond acceptors (Lipinski definition) is 3. The first-order valence-corrected chi connectivity index (χ1v) is 8.93. The summed E-state index contributed by atoms with van der Waals surface area (Å²) in [5.41, 5.74) is 0.835. The van der Waals surface area contributed by atoms with Gasteiger partial charge in [0.2, 0.25) is 15.9 Å². The zero-order valence-corrected chi connectivity index (χ0v) is 14.0. The maximum atomic E-state index is 11.7. The minimum atomic E-state index is -3.43. The highest BCUT2D eigenvalue weighted by atomic mass is 79.9. The second-order valence-electron chi connectivity index (χ2n) is 4.51. The van der Waals surface area contributed by atoms with Crippen molar-refractivity contribution in [3.05, 3.63) is 34.3 Å². The van der Waals surface area contributed by atoms with Crippen LogP contribution >= 0.6 is 15.9 Å². The molecule has 1 aromatic carbocycles. The normalized spacial score (nSPS) is 11.6. The number of carbonyl (C=O) groups is 1. The molecule has 0 radical (unpaired) electrons. The Bertz CT molecular complexity index is 543. The monoisotopic (exact) mass is 362 g/mol. The van der Waals surface area contributed by atoms with E-state index >= 15 is 0 Å². The molecule has 0 aliphatic carbocycles. The number of rotatable bonds is 7. The highest BCUT2D eigenvalue weighted by Gasteiger charge is 2.20. The van der Waals surface area contributed by atoms with Crippen molar-refractivity contribution in [2.24, 2.45) is 0 Å². The van der Waals surface area contributed by atoms with E-state index in [0.717, 1.165) is 22.7 Å². The third-order valence-corrected chi connectivity index (χ3v) is 4.36. The second kappa shape index (κ2) is 7.75. The van der Waals surface area contributed by atoms with Gasteiger partial charge in [0, 0.05) is 17.6 Å². The van der Waals surface area contributed by atoms with E-state index in [2.05, 4.69) is 21.2 Å². The van der Waals surface area contributed by atoms with Gasteiger partial charge in [-0.2, -0.15) is 4.31 Å². The first-order chi connectivity index (χ1) is 9.32. The number of carbonyl (C=O) groups excluding carboxylic acids is 1. The molecule has 0 fully saturated rings. The molecule has 0 saturated carbocycles. The summed E-state index contributed by atoms with van der Waals surface area (Å²) in [5.74, 6) is -0.283. The molecular weight excluding hydrogens is 344 g/mol. The maximum Gasteiger partial charge on any atom is 0.235 e. The zero-order chi connectivity index (χ0) is 15.2. The lowest BCUT2D eigenvalue weighted by molar-refractivity contribution is -0.121. The first kappa shape index (κ1) is 17.1. The molecule has 0 saturated heterocycles. The third kappa shape index (κ3) is 6.02. The van der Waals surface area contributed by atoms with Gasteiger partial charge in [-0.1, -0.05) is 35.0 Å². The molecule has 1 rings (SSSR count). The predicted molar refractivity (Wildman–Crippen MR) is 82.7 cm³/mol. The molecule has 0 aromatic heterocycles. The fourth-order valence-electron chi connectivity index (χ4n) is 1.56. The van der Waals surface area contributed by atoms with Crippen LogP contribution in [-0.4, -0.2) is 38.0 Å². The molecular formula is C13H19BrN2O3S. The summed E-state index contributed by atoms with van der Waals surface area (Å²) in [6.07, 6.45) is 1.93. The van der Waals surface area contributed by atoms with E-state index < -0.39 is 10.0 Å². The molecule has 112 valence electrons. The molecule has 0 aliphatic rings. The molecule has 5 nitrogen and oxygen atoms in total. The van der Waals surface area contributed by atoms with Gasteiger partial charge in [-0.15, -0.1) is 0 Å². The van der Waals surface area contributed by atoms with Crippen molar-refractivity contribution < 1.29 is 13.2 Å².